The molecule has 1 aliphatic heterocycles. The van der Waals surface area contributed by atoms with Gasteiger partial charge in [0.1, 0.15) is 18.0 Å². The fourth-order valence-electron chi connectivity index (χ4n) is 4.59. The van der Waals surface area contributed by atoms with Gasteiger partial charge in [-0.15, -0.1) is 0 Å². The molecule has 2 N–H and O–H groups in total. The smallest absolute Gasteiger partial charge is 0.254 e. The molecule has 0 bridgehead atoms. The number of benzene rings is 1. The lowest BCUT2D eigenvalue weighted by Gasteiger charge is -2.19. The molecule has 3 atom stereocenters. The first kappa shape index (κ1) is 17.3. The van der Waals surface area contributed by atoms with Crippen molar-refractivity contribution in [1.29, 1.82) is 0 Å². The Bertz CT molecular complexity index is 981. The molecule has 3 heterocycles. The van der Waals surface area contributed by atoms with Crippen LogP contribution >= 0.6 is 0 Å². The predicted octanol–water partition coefficient (Wildman–Crippen LogP) is 2.72. The van der Waals surface area contributed by atoms with Crippen LogP contribution < -0.4 is 10.5 Å². The van der Waals surface area contributed by atoms with Crippen LogP contribution in [0.1, 0.15) is 28.9 Å². The second-order valence-electron chi connectivity index (χ2n) is 7.89. The van der Waals surface area contributed by atoms with Gasteiger partial charge in [-0.2, -0.15) is 0 Å². The Morgan fingerprint density at radius 2 is 2.11 bits per heavy atom. The Hall–Kier alpha value is -2.86. The molecule has 1 saturated heterocycles. The molecule has 1 saturated carbocycles. The number of nitrogens with two attached hydrogens (primary N) is 1. The van der Waals surface area contributed by atoms with E-state index in [2.05, 4.69) is 4.98 Å². The van der Waals surface area contributed by atoms with Crippen molar-refractivity contribution < 1.29 is 9.53 Å². The number of amides is 1. The van der Waals surface area contributed by atoms with Crippen LogP contribution in [0.15, 0.2) is 54.9 Å². The average Bonchev–Trinajstić information content (AvgIpc) is 3.41. The van der Waals surface area contributed by atoms with Gasteiger partial charge in [-0.05, 0) is 55.0 Å². The van der Waals surface area contributed by atoms with Crippen LogP contribution in [0.4, 0.5) is 0 Å². The molecule has 0 spiro atoms. The van der Waals surface area contributed by atoms with Crippen molar-refractivity contribution in [1.82, 2.24) is 14.3 Å². The zero-order chi connectivity index (χ0) is 19.1. The molecular formula is C22H24N4O2. The van der Waals surface area contributed by atoms with E-state index >= 15 is 0 Å². The van der Waals surface area contributed by atoms with Crippen molar-refractivity contribution in [3.63, 3.8) is 0 Å². The molecular weight excluding hydrogens is 352 g/mol. The summed E-state index contributed by atoms with van der Waals surface area (Å²) in [6.07, 6.45) is 6.14. The molecule has 1 amide bonds. The second kappa shape index (κ2) is 6.95. The second-order valence-corrected chi connectivity index (χ2v) is 7.89. The molecule has 3 aromatic rings. The SMILES string of the molecule is NC1CCC2CN(C(=O)c3cccc(OCc4cn5ccccc5n4)c3)CC12. The Morgan fingerprint density at radius 3 is 2.96 bits per heavy atom. The van der Waals surface area contributed by atoms with Gasteiger partial charge in [-0.1, -0.05) is 12.1 Å². The van der Waals surface area contributed by atoms with Crippen molar-refractivity contribution in [3.05, 3.63) is 66.1 Å². The summed E-state index contributed by atoms with van der Waals surface area (Å²) in [5.74, 6) is 1.77. The van der Waals surface area contributed by atoms with E-state index in [1.54, 1.807) is 0 Å². The van der Waals surface area contributed by atoms with Crippen LogP contribution in [0.3, 0.4) is 0 Å². The number of carbonyl (C=O) groups is 1. The number of imidazole rings is 1. The minimum atomic E-state index is 0.0692. The minimum Gasteiger partial charge on any atom is -0.487 e. The number of aromatic nitrogens is 2. The molecule has 2 fully saturated rings. The monoisotopic (exact) mass is 376 g/mol. The summed E-state index contributed by atoms with van der Waals surface area (Å²) >= 11 is 0. The molecule has 5 rings (SSSR count). The molecule has 6 heteroatoms. The van der Waals surface area contributed by atoms with Crippen LogP contribution in [0.2, 0.25) is 0 Å². The summed E-state index contributed by atoms with van der Waals surface area (Å²) in [6.45, 7) is 1.96. The molecule has 28 heavy (non-hydrogen) atoms. The summed E-state index contributed by atoms with van der Waals surface area (Å²) in [6, 6.07) is 13.6. The Balaban J connectivity index is 1.26. The van der Waals surface area contributed by atoms with Crippen molar-refractivity contribution >= 4 is 11.6 Å². The quantitative estimate of drug-likeness (QED) is 0.760. The summed E-state index contributed by atoms with van der Waals surface area (Å²) < 4.78 is 7.87. The highest BCUT2D eigenvalue weighted by Crippen LogP contribution is 2.37. The Labute approximate surface area is 163 Å². The first-order valence-corrected chi connectivity index (χ1v) is 9.88. The van der Waals surface area contributed by atoms with Gasteiger partial charge in [0.25, 0.3) is 5.91 Å². The topological polar surface area (TPSA) is 72.9 Å². The van der Waals surface area contributed by atoms with E-state index < -0.39 is 0 Å². The summed E-state index contributed by atoms with van der Waals surface area (Å²) in [7, 11) is 0. The number of nitrogens with zero attached hydrogens (tertiary/aromatic N) is 3. The number of pyridine rings is 1. The van der Waals surface area contributed by atoms with E-state index in [4.69, 9.17) is 10.5 Å². The van der Waals surface area contributed by atoms with Crippen molar-refractivity contribution in [2.45, 2.75) is 25.5 Å². The fraction of sp³-hybridized carbons (Fsp3) is 0.364. The molecule has 2 aromatic heterocycles. The summed E-state index contributed by atoms with van der Waals surface area (Å²) in [4.78, 5) is 19.4. The highest BCUT2D eigenvalue weighted by molar-refractivity contribution is 5.94. The van der Waals surface area contributed by atoms with Crippen molar-refractivity contribution in [3.8, 4) is 5.75 Å². The molecule has 1 aliphatic carbocycles. The maximum atomic E-state index is 12.9. The van der Waals surface area contributed by atoms with Gasteiger partial charge in [0, 0.05) is 37.1 Å². The first-order valence-electron chi connectivity index (χ1n) is 9.88. The van der Waals surface area contributed by atoms with Gasteiger partial charge in [-0.25, -0.2) is 4.98 Å². The maximum absolute atomic E-state index is 12.9. The van der Waals surface area contributed by atoms with Gasteiger partial charge in [-0.3, -0.25) is 4.79 Å². The molecule has 2 aliphatic rings. The van der Waals surface area contributed by atoms with Crippen molar-refractivity contribution in [2.24, 2.45) is 17.6 Å². The molecule has 0 radical (unpaired) electrons. The normalized spacial score (nSPS) is 23.9. The summed E-state index contributed by atoms with van der Waals surface area (Å²) in [5, 5.41) is 0. The zero-order valence-corrected chi connectivity index (χ0v) is 15.7. The Morgan fingerprint density at radius 1 is 1.18 bits per heavy atom. The fourth-order valence-corrected chi connectivity index (χ4v) is 4.59. The summed E-state index contributed by atoms with van der Waals surface area (Å²) in [5.41, 5.74) is 8.61. The molecule has 3 unspecified atom stereocenters. The third-order valence-corrected chi connectivity index (χ3v) is 6.08. The lowest BCUT2D eigenvalue weighted by Crippen LogP contribution is -2.33. The first-order chi connectivity index (χ1) is 13.7. The van der Waals surface area contributed by atoms with Gasteiger partial charge in [0.2, 0.25) is 0 Å². The van der Waals surface area contributed by atoms with Crippen LogP contribution in [0.5, 0.6) is 5.75 Å². The predicted molar refractivity (Wildman–Crippen MR) is 106 cm³/mol. The highest BCUT2D eigenvalue weighted by Gasteiger charge is 2.42. The standard InChI is InChI=1S/C22H24N4O2/c23-20-8-7-16-11-26(13-19(16)20)22(27)15-4-3-5-18(10-15)28-14-17-12-25-9-2-1-6-21(25)24-17/h1-6,9-10,12,16,19-20H,7-8,11,13-14,23H2. The van der Waals surface area contributed by atoms with Crippen molar-refractivity contribution in [2.75, 3.05) is 13.1 Å². The van der Waals surface area contributed by atoms with Crippen LogP contribution in [-0.4, -0.2) is 39.3 Å². The number of rotatable bonds is 4. The molecule has 6 nitrogen and oxygen atoms in total. The average molecular weight is 376 g/mol. The minimum absolute atomic E-state index is 0.0692. The highest BCUT2D eigenvalue weighted by atomic mass is 16.5. The number of fused-ring (bicyclic) bond motifs is 2. The number of hydrogen-bond donors (Lipinski definition) is 1. The van der Waals surface area contributed by atoms with Gasteiger partial charge in [0.15, 0.2) is 0 Å². The lowest BCUT2D eigenvalue weighted by molar-refractivity contribution is 0.0779. The lowest BCUT2D eigenvalue weighted by atomic mass is 9.98. The van der Waals surface area contributed by atoms with Gasteiger partial charge in [0.05, 0.1) is 5.69 Å². The van der Waals surface area contributed by atoms with E-state index in [9.17, 15) is 4.79 Å². The van der Waals surface area contributed by atoms with Gasteiger partial charge >= 0.3 is 0 Å². The maximum Gasteiger partial charge on any atom is 0.254 e. The third-order valence-electron chi connectivity index (χ3n) is 6.08. The number of ether oxygens (including phenoxy) is 1. The van der Waals surface area contributed by atoms with Gasteiger partial charge < -0.3 is 19.8 Å². The molecule has 144 valence electrons. The van der Waals surface area contributed by atoms with E-state index in [0.717, 1.165) is 37.3 Å². The number of hydrogen-bond acceptors (Lipinski definition) is 4. The van der Waals surface area contributed by atoms with Crippen LogP contribution in [0, 0.1) is 11.8 Å². The van der Waals surface area contributed by atoms with Crippen LogP contribution in [0.25, 0.3) is 5.65 Å². The number of likely N-dealkylation sites (tertiary alicyclic amines) is 1. The largest absolute Gasteiger partial charge is 0.487 e. The van der Waals surface area contributed by atoms with E-state index in [1.807, 2.05) is 64.2 Å². The Kier molecular flexibility index (Phi) is 4.28. The zero-order valence-electron chi connectivity index (χ0n) is 15.7. The van der Waals surface area contributed by atoms with E-state index in [-0.39, 0.29) is 11.9 Å². The van der Waals surface area contributed by atoms with E-state index in [1.165, 1.54) is 0 Å². The van der Waals surface area contributed by atoms with Crippen LogP contribution in [-0.2, 0) is 6.61 Å². The van der Waals surface area contributed by atoms with E-state index in [0.29, 0.717) is 29.8 Å². The third kappa shape index (κ3) is 3.14. The number of carbonyl (C=O) groups excluding carboxylic acids is 1. The molecule has 1 aromatic carbocycles.